The second-order valence-corrected chi connectivity index (χ2v) is 5.62. The number of aromatic nitrogens is 3. The molecule has 0 bridgehead atoms. The van der Waals surface area contributed by atoms with E-state index in [-0.39, 0.29) is 5.69 Å². The van der Waals surface area contributed by atoms with E-state index in [1.54, 1.807) is 16.3 Å². The van der Waals surface area contributed by atoms with Crippen LogP contribution in [0, 0.1) is 5.92 Å². The molecule has 1 heterocycles. The van der Waals surface area contributed by atoms with Gasteiger partial charge in [-0.1, -0.05) is 34.6 Å². The van der Waals surface area contributed by atoms with Crippen molar-refractivity contribution in [2.45, 2.75) is 31.0 Å². The quantitative estimate of drug-likeness (QED) is 0.667. The smallest absolute Gasteiger partial charge is 0.267 e. The molecular formula is C9H14BrN3OS. The van der Waals surface area contributed by atoms with Gasteiger partial charge in [-0.25, -0.2) is 9.89 Å². The van der Waals surface area contributed by atoms with Gasteiger partial charge in [-0.3, -0.25) is 4.57 Å². The summed E-state index contributed by atoms with van der Waals surface area (Å²) in [5.41, 5.74) is -0.0634. The van der Waals surface area contributed by atoms with E-state index in [1.165, 1.54) is 0 Å². The monoisotopic (exact) mass is 291 g/mol. The van der Waals surface area contributed by atoms with Crippen molar-refractivity contribution in [1.29, 1.82) is 0 Å². The minimum absolute atomic E-state index is 0.0634. The molecule has 1 aliphatic rings. The Bertz CT molecular complexity index is 385. The third kappa shape index (κ3) is 2.66. The Labute approximate surface area is 101 Å². The van der Waals surface area contributed by atoms with Gasteiger partial charge in [0.2, 0.25) is 0 Å². The molecule has 1 aliphatic carbocycles. The van der Waals surface area contributed by atoms with Crippen LogP contribution in [-0.2, 0) is 0 Å². The number of halogens is 1. The zero-order valence-corrected chi connectivity index (χ0v) is 11.0. The highest BCUT2D eigenvalue weighted by Gasteiger charge is 2.28. The average Bonchev–Trinajstić information content (AvgIpc) is 3.00. The highest BCUT2D eigenvalue weighted by molar-refractivity contribution is 9.09. The van der Waals surface area contributed by atoms with E-state index in [0.29, 0.717) is 12.0 Å². The van der Waals surface area contributed by atoms with Crippen LogP contribution >= 0.6 is 27.7 Å². The van der Waals surface area contributed by atoms with Gasteiger partial charge in [-0.05, 0) is 18.8 Å². The van der Waals surface area contributed by atoms with Crippen molar-refractivity contribution in [1.82, 2.24) is 14.8 Å². The summed E-state index contributed by atoms with van der Waals surface area (Å²) in [7, 11) is 0. The molecule has 0 saturated heterocycles. The Morgan fingerprint density at radius 1 is 1.73 bits per heavy atom. The number of nitrogens with zero attached hydrogens (tertiary/aromatic N) is 2. The molecule has 0 spiro atoms. The van der Waals surface area contributed by atoms with Crippen molar-refractivity contribution in [3.8, 4) is 0 Å². The highest BCUT2D eigenvalue weighted by atomic mass is 79.9. The van der Waals surface area contributed by atoms with Gasteiger partial charge >= 0.3 is 5.69 Å². The number of rotatable bonds is 5. The standard InChI is InChI=1S/C9H14BrN3OS/c1-6(4-10)5-15-9-12-11-8(14)13(9)7-2-3-7/h6-7H,2-5H2,1H3,(H,11,14). The molecule has 1 saturated carbocycles. The summed E-state index contributed by atoms with van der Waals surface area (Å²) in [6.45, 7) is 2.17. The maximum Gasteiger partial charge on any atom is 0.344 e. The number of thioether (sulfide) groups is 1. The molecule has 84 valence electrons. The summed E-state index contributed by atoms with van der Waals surface area (Å²) in [6.07, 6.45) is 2.22. The summed E-state index contributed by atoms with van der Waals surface area (Å²) in [4.78, 5) is 11.5. The maximum atomic E-state index is 11.5. The first kappa shape index (κ1) is 11.3. The van der Waals surface area contributed by atoms with Crippen molar-refractivity contribution < 1.29 is 0 Å². The first-order valence-corrected chi connectivity index (χ1v) is 7.18. The van der Waals surface area contributed by atoms with E-state index in [2.05, 4.69) is 33.1 Å². The summed E-state index contributed by atoms with van der Waals surface area (Å²) >= 11 is 5.10. The van der Waals surface area contributed by atoms with Gasteiger partial charge < -0.3 is 0 Å². The van der Waals surface area contributed by atoms with Crippen LogP contribution in [-0.4, -0.2) is 25.8 Å². The zero-order valence-electron chi connectivity index (χ0n) is 8.57. The minimum Gasteiger partial charge on any atom is -0.267 e. The fraction of sp³-hybridized carbons (Fsp3) is 0.778. The average molecular weight is 292 g/mol. The number of hydrogen-bond donors (Lipinski definition) is 1. The normalized spacial score (nSPS) is 18.0. The van der Waals surface area contributed by atoms with Gasteiger partial charge in [-0.2, -0.15) is 0 Å². The van der Waals surface area contributed by atoms with Crippen molar-refractivity contribution in [2.24, 2.45) is 5.92 Å². The summed E-state index contributed by atoms with van der Waals surface area (Å²) in [5, 5.41) is 8.41. The number of H-pyrrole nitrogens is 1. The first-order chi connectivity index (χ1) is 7.22. The molecule has 1 atom stereocenters. The summed E-state index contributed by atoms with van der Waals surface area (Å²) in [5.74, 6) is 1.58. The largest absolute Gasteiger partial charge is 0.344 e. The Morgan fingerprint density at radius 2 is 2.47 bits per heavy atom. The second-order valence-electron chi connectivity index (χ2n) is 3.98. The van der Waals surface area contributed by atoms with Gasteiger partial charge in [0.25, 0.3) is 0 Å². The third-order valence-corrected chi connectivity index (χ3v) is 4.73. The van der Waals surface area contributed by atoms with Crippen molar-refractivity contribution in [3.63, 3.8) is 0 Å². The molecule has 0 amide bonds. The van der Waals surface area contributed by atoms with Crippen LogP contribution in [0.4, 0.5) is 0 Å². The van der Waals surface area contributed by atoms with E-state index in [1.807, 2.05) is 0 Å². The molecule has 0 radical (unpaired) electrons. The molecule has 0 aliphatic heterocycles. The van der Waals surface area contributed by atoms with Crippen LogP contribution in [0.5, 0.6) is 0 Å². The first-order valence-electron chi connectivity index (χ1n) is 5.08. The number of alkyl halides is 1. The minimum atomic E-state index is -0.0634. The predicted octanol–water partition coefficient (Wildman–Crippen LogP) is 2.03. The van der Waals surface area contributed by atoms with Crippen molar-refractivity contribution >= 4 is 27.7 Å². The summed E-state index contributed by atoms with van der Waals surface area (Å²) in [6, 6.07) is 0.401. The molecule has 2 rings (SSSR count). The lowest BCUT2D eigenvalue weighted by Crippen LogP contribution is -2.16. The maximum absolute atomic E-state index is 11.5. The molecule has 1 fully saturated rings. The van der Waals surface area contributed by atoms with E-state index in [4.69, 9.17) is 0 Å². The Balaban J connectivity index is 2.04. The molecule has 1 aromatic rings. The van der Waals surface area contributed by atoms with Gasteiger partial charge in [0.05, 0.1) is 0 Å². The van der Waals surface area contributed by atoms with Gasteiger partial charge in [-0.15, -0.1) is 5.10 Å². The van der Waals surface area contributed by atoms with Crippen molar-refractivity contribution in [3.05, 3.63) is 10.5 Å². The Kier molecular flexibility index (Phi) is 3.56. The molecule has 1 unspecified atom stereocenters. The topological polar surface area (TPSA) is 50.7 Å². The SMILES string of the molecule is CC(CBr)CSc1n[nH]c(=O)n1C1CC1. The van der Waals surface area contributed by atoms with Crippen LogP contribution in [0.2, 0.25) is 0 Å². The molecule has 1 aromatic heterocycles. The zero-order chi connectivity index (χ0) is 10.8. The van der Waals surface area contributed by atoms with Crippen LogP contribution in [0.25, 0.3) is 0 Å². The lowest BCUT2D eigenvalue weighted by molar-refractivity contribution is 0.640. The predicted molar refractivity (Wildman–Crippen MR) is 64.8 cm³/mol. The number of nitrogens with one attached hydrogen (secondary N) is 1. The number of hydrogen-bond acceptors (Lipinski definition) is 3. The molecule has 1 N–H and O–H groups in total. The van der Waals surface area contributed by atoms with Gasteiger partial charge in [0.15, 0.2) is 5.16 Å². The third-order valence-electron chi connectivity index (χ3n) is 2.34. The molecular weight excluding hydrogens is 278 g/mol. The second kappa shape index (κ2) is 4.74. The molecule has 15 heavy (non-hydrogen) atoms. The summed E-state index contributed by atoms with van der Waals surface area (Å²) < 4.78 is 1.80. The number of aromatic amines is 1. The lowest BCUT2D eigenvalue weighted by atomic mass is 10.3. The van der Waals surface area contributed by atoms with Crippen LogP contribution in [0.15, 0.2) is 9.95 Å². The molecule has 6 heteroatoms. The molecule has 0 aromatic carbocycles. The lowest BCUT2D eigenvalue weighted by Gasteiger charge is -2.06. The van der Waals surface area contributed by atoms with E-state index in [0.717, 1.165) is 29.1 Å². The highest BCUT2D eigenvalue weighted by Crippen LogP contribution is 2.36. The van der Waals surface area contributed by atoms with E-state index in [9.17, 15) is 4.79 Å². The van der Waals surface area contributed by atoms with Crippen LogP contribution in [0.3, 0.4) is 0 Å². The van der Waals surface area contributed by atoms with Gasteiger partial charge in [0.1, 0.15) is 0 Å². The fourth-order valence-electron chi connectivity index (χ4n) is 1.31. The van der Waals surface area contributed by atoms with E-state index >= 15 is 0 Å². The molecule has 4 nitrogen and oxygen atoms in total. The van der Waals surface area contributed by atoms with Crippen LogP contribution < -0.4 is 5.69 Å². The fourth-order valence-corrected chi connectivity index (χ4v) is 2.87. The van der Waals surface area contributed by atoms with Gasteiger partial charge in [0, 0.05) is 17.1 Å². The van der Waals surface area contributed by atoms with Crippen LogP contribution in [0.1, 0.15) is 25.8 Å². The Morgan fingerprint density at radius 3 is 3.07 bits per heavy atom. The Hall–Kier alpha value is -0.230. The van der Waals surface area contributed by atoms with E-state index < -0.39 is 0 Å². The van der Waals surface area contributed by atoms with Crippen molar-refractivity contribution in [2.75, 3.05) is 11.1 Å².